The molecule has 1 saturated carbocycles. The Kier molecular flexibility index (Phi) is 4.70. The van der Waals surface area contributed by atoms with Gasteiger partial charge in [0, 0.05) is 31.9 Å². The van der Waals surface area contributed by atoms with E-state index >= 15 is 0 Å². The van der Waals surface area contributed by atoms with Crippen LogP contribution in [0.25, 0.3) is 0 Å². The van der Waals surface area contributed by atoms with Gasteiger partial charge in [0.1, 0.15) is 0 Å². The summed E-state index contributed by atoms with van der Waals surface area (Å²) >= 11 is 0. The molecule has 3 unspecified atom stereocenters. The van der Waals surface area contributed by atoms with Crippen LogP contribution in [0, 0.1) is 5.92 Å². The van der Waals surface area contributed by atoms with E-state index in [1.807, 2.05) is 17.9 Å². The Morgan fingerprint density at radius 1 is 1.50 bits per heavy atom. The molecule has 1 saturated heterocycles. The van der Waals surface area contributed by atoms with Crippen LogP contribution in [0.4, 0.5) is 0 Å². The molecular formula is C15H26N4O. The number of aromatic nitrogens is 2. The van der Waals surface area contributed by atoms with Crippen LogP contribution in [0.3, 0.4) is 0 Å². The Bertz CT molecular complexity index is 414. The van der Waals surface area contributed by atoms with Gasteiger partial charge in [0.25, 0.3) is 0 Å². The number of rotatable bonds is 5. The Labute approximate surface area is 121 Å². The third-order valence-corrected chi connectivity index (χ3v) is 4.62. The predicted octanol–water partition coefficient (Wildman–Crippen LogP) is 0.709. The van der Waals surface area contributed by atoms with E-state index in [4.69, 9.17) is 4.74 Å². The van der Waals surface area contributed by atoms with E-state index in [-0.39, 0.29) is 0 Å². The van der Waals surface area contributed by atoms with E-state index in [1.165, 1.54) is 24.8 Å². The maximum atomic E-state index is 5.62. The minimum atomic E-state index is 0.544. The molecule has 1 aliphatic heterocycles. The zero-order chi connectivity index (χ0) is 13.8. The Morgan fingerprint density at radius 3 is 3.20 bits per heavy atom. The number of morpholine rings is 1. The normalized spacial score (nSPS) is 30.8. The molecule has 5 heteroatoms. The van der Waals surface area contributed by atoms with Crippen LogP contribution in [0.2, 0.25) is 0 Å². The van der Waals surface area contributed by atoms with Gasteiger partial charge < -0.3 is 15.4 Å². The van der Waals surface area contributed by atoms with Crippen molar-refractivity contribution in [2.75, 3.05) is 26.3 Å². The van der Waals surface area contributed by atoms with Crippen LogP contribution in [0.5, 0.6) is 0 Å². The summed E-state index contributed by atoms with van der Waals surface area (Å²) in [5.41, 5.74) is 1.31. The van der Waals surface area contributed by atoms with E-state index in [0.29, 0.717) is 12.1 Å². The molecule has 1 aromatic heterocycles. The molecule has 3 rings (SSSR count). The molecule has 2 aliphatic rings. The van der Waals surface area contributed by atoms with Crippen LogP contribution in [0.1, 0.15) is 24.8 Å². The molecule has 0 bridgehead atoms. The molecule has 3 atom stereocenters. The molecule has 2 heterocycles. The first-order valence-electron chi connectivity index (χ1n) is 7.85. The van der Waals surface area contributed by atoms with Gasteiger partial charge in [0.05, 0.1) is 19.4 Å². The van der Waals surface area contributed by atoms with Crippen LogP contribution in [0.15, 0.2) is 12.4 Å². The molecule has 112 valence electrons. The summed E-state index contributed by atoms with van der Waals surface area (Å²) in [5.74, 6) is 0.726. The second-order valence-corrected chi connectivity index (χ2v) is 6.06. The number of nitrogens with one attached hydrogen (secondary N) is 2. The Balaban J connectivity index is 1.46. The van der Waals surface area contributed by atoms with Crippen molar-refractivity contribution in [3.05, 3.63) is 18.0 Å². The van der Waals surface area contributed by atoms with E-state index < -0.39 is 0 Å². The first-order valence-corrected chi connectivity index (χ1v) is 7.85. The standard InChI is InChI=1S/C15H26N4O/c1-19-10-12(9-18-19)5-6-16-14-4-2-3-13(14)15-11-20-8-7-17-15/h9-10,13-17H,2-8,11H2,1H3. The fourth-order valence-electron chi connectivity index (χ4n) is 3.59. The van der Waals surface area contributed by atoms with Gasteiger partial charge in [0.15, 0.2) is 0 Å². The number of nitrogens with zero attached hydrogens (tertiary/aromatic N) is 2. The summed E-state index contributed by atoms with van der Waals surface area (Å²) in [6, 6.07) is 1.19. The zero-order valence-corrected chi connectivity index (χ0v) is 12.3. The fourth-order valence-corrected chi connectivity index (χ4v) is 3.59. The summed E-state index contributed by atoms with van der Waals surface area (Å²) in [5, 5.41) is 11.6. The first-order chi connectivity index (χ1) is 9.83. The largest absolute Gasteiger partial charge is 0.379 e. The van der Waals surface area contributed by atoms with Gasteiger partial charge in [-0.25, -0.2) is 0 Å². The molecule has 5 nitrogen and oxygen atoms in total. The second kappa shape index (κ2) is 6.70. The Hall–Kier alpha value is -0.910. The molecule has 1 aliphatic carbocycles. The van der Waals surface area contributed by atoms with E-state index in [9.17, 15) is 0 Å². The van der Waals surface area contributed by atoms with Gasteiger partial charge in [0.2, 0.25) is 0 Å². The smallest absolute Gasteiger partial charge is 0.0623 e. The summed E-state index contributed by atoms with van der Waals surface area (Å²) < 4.78 is 7.49. The van der Waals surface area contributed by atoms with Gasteiger partial charge in [-0.15, -0.1) is 0 Å². The molecule has 1 aromatic rings. The molecular weight excluding hydrogens is 252 g/mol. The highest BCUT2D eigenvalue weighted by molar-refractivity contribution is 5.04. The first kappa shape index (κ1) is 14.0. The summed E-state index contributed by atoms with van der Waals surface area (Å²) in [7, 11) is 1.97. The molecule has 0 amide bonds. The van der Waals surface area contributed by atoms with Gasteiger partial charge in [-0.05, 0) is 37.3 Å². The minimum absolute atomic E-state index is 0.544. The third kappa shape index (κ3) is 3.40. The monoisotopic (exact) mass is 278 g/mol. The molecule has 0 radical (unpaired) electrons. The molecule has 2 fully saturated rings. The fraction of sp³-hybridized carbons (Fsp3) is 0.800. The van der Waals surface area contributed by atoms with Crippen molar-refractivity contribution in [2.24, 2.45) is 13.0 Å². The highest BCUT2D eigenvalue weighted by atomic mass is 16.5. The predicted molar refractivity (Wildman–Crippen MR) is 78.7 cm³/mol. The second-order valence-electron chi connectivity index (χ2n) is 6.06. The lowest BCUT2D eigenvalue weighted by atomic mass is 9.94. The molecule has 0 spiro atoms. The van der Waals surface area contributed by atoms with Crippen molar-refractivity contribution in [1.29, 1.82) is 0 Å². The summed E-state index contributed by atoms with van der Waals surface area (Å²) in [6.45, 7) is 3.79. The van der Waals surface area contributed by atoms with Crippen molar-refractivity contribution in [3.63, 3.8) is 0 Å². The van der Waals surface area contributed by atoms with E-state index in [2.05, 4.69) is 21.9 Å². The maximum absolute atomic E-state index is 5.62. The lowest BCUT2D eigenvalue weighted by molar-refractivity contribution is 0.0526. The highest BCUT2D eigenvalue weighted by Gasteiger charge is 2.34. The molecule has 20 heavy (non-hydrogen) atoms. The van der Waals surface area contributed by atoms with Crippen molar-refractivity contribution >= 4 is 0 Å². The average molecular weight is 278 g/mol. The number of aryl methyl sites for hydroxylation is 1. The lowest BCUT2D eigenvalue weighted by Crippen LogP contribution is -2.51. The summed E-state index contributed by atoms with van der Waals surface area (Å²) in [6.07, 6.45) is 9.09. The highest BCUT2D eigenvalue weighted by Crippen LogP contribution is 2.29. The number of ether oxygens (including phenoxy) is 1. The van der Waals surface area contributed by atoms with Crippen molar-refractivity contribution in [2.45, 2.75) is 37.8 Å². The van der Waals surface area contributed by atoms with Gasteiger partial charge in [-0.2, -0.15) is 5.10 Å². The van der Waals surface area contributed by atoms with Crippen LogP contribution in [-0.4, -0.2) is 48.2 Å². The maximum Gasteiger partial charge on any atom is 0.0623 e. The average Bonchev–Trinajstić information content (AvgIpc) is 3.09. The van der Waals surface area contributed by atoms with Crippen molar-refractivity contribution < 1.29 is 4.74 Å². The van der Waals surface area contributed by atoms with Crippen LogP contribution < -0.4 is 10.6 Å². The summed E-state index contributed by atoms with van der Waals surface area (Å²) in [4.78, 5) is 0. The van der Waals surface area contributed by atoms with Gasteiger partial charge in [-0.1, -0.05) is 6.42 Å². The number of hydrogen-bond donors (Lipinski definition) is 2. The topological polar surface area (TPSA) is 51.1 Å². The Morgan fingerprint density at radius 2 is 2.45 bits per heavy atom. The zero-order valence-electron chi connectivity index (χ0n) is 12.3. The van der Waals surface area contributed by atoms with Crippen LogP contribution in [-0.2, 0) is 18.2 Å². The quantitative estimate of drug-likeness (QED) is 0.833. The van der Waals surface area contributed by atoms with Gasteiger partial charge >= 0.3 is 0 Å². The van der Waals surface area contributed by atoms with Crippen molar-refractivity contribution in [1.82, 2.24) is 20.4 Å². The number of hydrogen-bond acceptors (Lipinski definition) is 4. The molecule has 0 aromatic carbocycles. The van der Waals surface area contributed by atoms with E-state index in [0.717, 1.165) is 38.6 Å². The van der Waals surface area contributed by atoms with Crippen molar-refractivity contribution in [3.8, 4) is 0 Å². The molecule has 2 N–H and O–H groups in total. The third-order valence-electron chi connectivity index (χ3n) is 4.62. The van der Waals surface area contributed by atoms with Gasteiger partial charge in [-0.3, -0.25) is 4.68 Å². The minimum Gasteiger partial charge on any atom is -0.379 e. The van der Waals surface area contributed by atoms with E-state index in [1.54, 1.807) is 0 Å². The lowest BCUT2D eigenvalue weighted by Gasteiger charge is -2.33. The van der Waals surface area contributed by atoms with Crippen LogP contribution >= 0.6 is 0 Å². The SMILES string of the molecule is Cn1cc(CCNC2CCCC2C2COCCN2)cn1.